The van der Waals surface area contributed by atoms with E-state index in [9.17, 15) is 5.11 Å². The first-order valence-corrected chi connectivity index (χ1v) is 10.9. The molecular formula is C22H40O2. The lowest BCUT2D eigenvalue weighted by Gasteiger charge is -2.44. The van der Waals surface area contributed by atoms with Crippen molar-refractivity contribution < 1.29 is 9.84 Å². The standard InChI is InChI=1S/C22H40O2/c1-2-3-4-5-6-7-8-9-10-11-12-13-16-24-22-18-19-14-15-20(22)21(23)17-19/h19-22H,1-18H2. The predicted molar refractivity (Wildman–Crippen MR) is 100 cm³/mol. The number of rotatable bonds is 14. The van der Waals surface area contributed by atoms with E-state index >= 15 is 0 Å². The lowest BCUT2D eigenvalue weighted by atomic mass is 9.67. The SMILES string of the molecule is [CH2]CCCCCCCCCCCCCOC1CC2CCC1C([O])C2. The van der Waals surface area contributed by atoms with E-state index in [-0.39, 0.29) is 6.10 Å². The third-order valence-corrected chi connectivity index (χ3v) is 6.22. The molecule has 0 spiro atoms. The van der Waals surface area contributed by atoms with Crippen LogP contribution in [0.4, 0.5) is 0 Å². The molecule has 2 nitrogen and oxygen atoms in total. The maximum atomic E-state index is 12.0. The lowest BCUT2D eigenvalue weighted by Crippen LogP contribution is -2.45. The highest BCUT2D eigenvalue weighted by Crippen LogP contribution is 2.43. The van der Waals surface area contributed by atoms with Crippen LogP contribution in [0.15, 0.2) is 0 Å². The van der Waals surface area contributed by atoms with Crippen molar-refractivity contribution in [3.05, 3.63) is 6.92 Å². The van der Waals surface area contributed by atoms with Gasteiger partial charge in [-0.3, -0.25) is 0 Å². The zero-order valence-corrected chi connectivity index (χ0v) is 15.9. The second-order valence-corrected chi connectivity index (χ2v) is 8.27. The first-order chi connectivity index (χ1) is 11.8. The summed E-state index contributed by atoms with van der Waals surface area (Å²) in [5.74, 6) is 0.990. The molecule has 0 saturated heterocycles. The first-order valence-electron chi connectivity index (χ1n) is 10.9. The Labute approximate surface area is 150 Å². The maximum Gasteiger partial charge on any atom is 0.0985 e. The summed E-state index contributed by atoms with van der Waals surface area (Å²) >= 11 is 0. The van der Waals surface area contributed by atoms with E-state index in [1.807, 2.05) is 0 Å². The topological polar surface area (TPSA) is 29.1 Å². The van der Waals surface area contributed by atoms with Gasteiger partial charge in [-0.05, 0) is 38.0 Å². The van der Waals surface area contributed by atoms with Crippen LogP contribution in [0.5, 0.6) is 0 Å². The van der Waals surface area contributed by atoms with Crippen molar-refractivity contribution in [3.63, 3.8) is 0 Å². The first kappa shape index (κ1) is 20.2. The van der Waals surface area contributed by atoms with E-state index in [1.165, 1.54) is 77.0 Å². The van der Waals surface area contributed by atoms with Gasteiger partial charge in [0.05, 0.1) is 12.2 Å². The Morgan fingerprint density at radius 2 is 1.33 bits per heavy atom. The molecule has 0 heterocycles. The van der Waals surface area contributed by atoms with Gasteiger partial charge in [0, 0.05) is 12.5 Å². The Balaban J connectivity index is 1.34. The quantitative estimate of drug-likeness (QED) is 0.333. The number of hydrogen-bond donors (Lipinski definition) is 0. The fourth-order valence-corrected chi connectivity index (χ4v) is 4.67. The molecule has 2 radical (unpaired) electrons. The third kappa shape index (κ3) is 7.44. The summed E-state index contributed by atoms with van der Waals surface area (Å²) in [7, 11) is 0. The average Bonchev–Trinajstić information content (AvgIpc) is 2.59. The highest BCUT2D eigenvalue weighted by molar-refractivity contribution is 4.92. The van der Waals surface area contributed by atoms with E-state index in [1.54, 1.807) is 0 Å². The van der Waals surface area contributed by atoms with Gasteiger partial charge < -0.3 is 4.74 Å². The minimum absolute atomic E-state index is 0.295. The minimum atomic E-state index is -0.332. The average molecular weight is 337 g/mol. The zero-order valence-electron chi connectivity index (χ0n) is 15.9. The molecule has 2 heteroatoms. The normalized spacial score (nSPS) is 29.2. The van der Waals surface area contributed by atoms with Crippen LogP contribution in [0.2, 0.25) is 0 Å². The van der Waals surface area contributed by atoms with Crippen LogP contribution in [-0.4, -0.2) is 18.8 Å². The molecule has 4 atom stereocenters. The number of unbranched alkanes of at least 4 members (excludes halogenated alkanes) is 11. The molecule has 0 aromatic heterocycles. The monoisotopic (exact) mass is 336 g/mol. The predicted octanol–water partition coefficient (Wildman–Crippen LogP) is 6.51. The molecule has 0 aromatic carbocycles. The Hall–Kier alpha value is -0.0800. The fourth-order valence-electron chi connectivity index (χ4n) is 4.67. The van der Waals surface area contributed by atoms with E-state index in [0.29, 0.717) is 17.9 Å². The Bertz CT molecular complexity index is 304. The molecule has 3 aliphatic rings. The molecule has 3 fully saturated rings. The summed E-state index contributed by atoms with van der Waals surface area (Å²) in [5, 5.41) is 12.0. The third-order valence-electron chi connectivity index (χ3n) is 6.22. The van der Waals surface area contributed by atoms with E-state index in [0.717, 1.165) is 32.3 Å². The van der Waals surface area contributed by atoms with Gasteiger partial charge in [-0.2, -0.15) is 0 Å². The number of hydrogen-bond acceptors (Lipinski definition) is 1. The van der Waals surface area contributed by atoms with E-state index in [4.69, 9.17) is 4.74 Å². The van der Waals surface area contributed by atoms with Gasteiger partial charge in [0.25, 0.3) is 0 Å². The molecule has 3 rings (SSSR count). The van der Waals surface area contributed by atoms with Crippen LogP contribution in [0.25, 0.3) is 0 Å². The molecule has 3 saturated carbocycles. The van der Waals surface area contributed by atoms with Gasteiger partial charge in [-0.1, -0.05) is 77.6 Å². The molecule has 0 N–H and O–H groups in total. The van der Waals surface area contributed by atoms with Gasteiger partial charge >= 0.3 is 0 Å². The molecule has 0 aliphatic heterocycles. The molecular weight excluding hydrogens is 296 g/mol. The van der Waals surface area contributed by atoms with Crippen LogP contribution in [0.1, 0.15) is 103 Å². The summed E-state index contributed by atoms with van der Waals surface area (Å²) in [4.78, 5) is 0. The minimum Gasteiger partial charge on any atom is -0.378 e. The molecule has 2 bridgehead atoms. The van der Waals surface area contributed by atoms with Crippen LogP contribution >= 0.6 is 0 Å². The Morgan fingerprint density at radius 1 is 0.750 bits per heavy atom. The van der Waals surface area contributed by atoms with E-state index in [2.05, 4.69) is 6.92 Å². The summed E-state index contributed by atoms with van der Waals surface area (Å²) < 4.78 is 6.07. The van der Waals surface area contributed by atoms with Gasteiger partial charge in [-0.15, -0.1) is 0 Å². The molecule has 4 unspecified atom stereocenters. The maximum absolute atomic E-state index is 12.0. The molecule has 0 aromatic rings. The summed E-state index contributed by atoms with van der Waals surface area (Å²) in [6.07, 6.45) is 20.5. The molecule has 3 aliphatic carbocycles. The van der Waals surface area contributed by atoms with Crippen molar-refractivity contribution in [3.8, 4) is 0 Å². The van der Waals surface area contributed by atoms with Crippen LogP contribution < -0.4 is 0 Å². The number of fused-ring (bicyclic) bond motifs is 3. The smallest absolute Gasteiger partial charge is 0.0985 e. The van der Waals surface area contributed by atoms with E-state index < -0.39 is 0 Å². The summed E-state index contributed by atoms with van der Waals surface area (Å²) in [6, 6.07) is 0. The second-order valence-electron chi connectivity index (χ2n) is 8.27. The van der Waals surface area contributed by atoms with Gasteiger partial charge in [-0.25, -0.2) is 5.11 Å². The molecule has 0 amide bonds. The Morgan fingerprint density at radius 3 is 1.88 bits per heavy atom. The lowest BCUT2D eigenvalue weighted by molar-refractivity contribution is -0.131. The Kier molecular flexibility index (Phi) is 10.4. The van der Waals surface area contributed by atoms with Crippen molar-refractivity contribution in [1.82, 2.24) is 0 Å². The highest BCUT2D eigenvalue weighted by Gasteiger charge is 2.42. The fraction of sp³-hybridized carbons (Fsp3) is 0.955. The van der Waals surface area contributed by atoms with Crippen molar-refractivity contribution in [1.29, 1.82) is 0 Å². The second kappa shape index (κ2) is 12.3. The van der Waals surface area contributed by atoms with Crippen LogP contribution in [0.3, 0.4) is 0 Å². The van der Waals surface area contributed by atoms with Gasteiger partial charge in [0.1, 0.15) is 0 Å². The molecule has 140 valence electrons. The van der Waals surface area contributed by atoms with Crippen molar-refractivity contribution in [2.75, 3.05) is 6.61 Å². The summed E-state index contributed by atoms with van der Waals surface area (Å²) in [6.45, 7) is 4.77. The zero-order chi connectivity index (χ0) is 17.0. The van der Waals surface area contributed by atoms with Crippen molar-refractivity contribution in [2.45, 2.75) is 115 Å². The largest absolute Gasteiger partial charge is 0.378 e. The van der Waals surface area contributed by atoms with Crippen molar-refractivity contribution in [2.24, 2.45) is 11.8 Å². The molecule has 24 heavy (non-hydrogen) atoms. The van der Waals surface area contributed by atoms with Gasteiger partial charge in [0.15, 0.2) is 0 Å². The van der Waals surface area contributed by atoms with Crippen LogP contribution in [0, 0.1) is 18.8 Å². The van der Waals surface area contributed by atoms with Gasteiger partial charge in [0.2, 0.25) is 0 Å². The number of ether oxygens (including phenoxy) is 1. The van der Waals surface area contributed by atoms with Crippen LogP contribution in [-0.2, 0) is 9.84 Å². The highest BCUT2D eigenvalue weighted by atomic mass is 16.5. The van der Waals surface area contributed by atoms with Crippen molar-refractivity contribution >= 4 is 0 Å². The summed E-state index contributed by atoms with van der Waals surface area (Å²) in [5.41, 5.74) is 0.